The van der Waals surface area contributed by atoms with Crippen LogP contribution in [-0.2, 0) is 28.0 Å². The number of hydrogen-bond acceptors (Lipinski definition) is 3. The number of carbonyl (C=O) groups is 1. The molecular formula is C27H34O3. The molecule has 2 aromatic rings. The smallest absolute Gasteiger partial charge is 0.312 e. The lowest BCUT2D eigenvalue weighted by atomic mass is 9.49. The van der Waals surface area contributed by atoms with Crippen molar-refractivity contribution in [2.75, 3.05) is 0 Å². The van der Waals surface area contributed by atoms with Crippen molar-refractivity contribution in [3.63, 3.8) is 0 Å². The number of carbonyl (C=O) groups excluding carboxylic acids is 1. The van der Waals surface area contributed by atoms with Gasteiger partial charge >= 0.3 is 5.97 Å². The standard InChI is InChI=1S/C27H34O3/c1-18(2)21-15-20-11-12-24-26(3,22(20)16-23(21)28)13-8-14-27(24,4)25(29)30-17-19-9-6-5-7-10-19/h5-7,9-10,15-16,18,24,28H,8,11-14,17H2,1-4H3. The van der Waals surface area contributed by atoms with Crippen molar-refractivity contribution in [1.82, 2.24) is 0 Å². The Morgan fingerprint density at radius 2 is 1.90 bits per heavy atom. The van der Waals surface area contributed by atoms with Gasteiger partial charge < -0.3 is 9.84 Å². The van der Waals surface area contributed by atoms with E-state index in [1.54, 1.807) is 0 Å². The maximum Gasteiger partial charge on any atom is 0.312 e. The van der Waals surface area contributed by atoms with Gasteiger partial charge in [-0.3, -0.25) is 4.79 Å². The first kappa shape index (κ1) is 21.0. The Morgan fingerprint density at radius 3 is 2.60 bits per heavy atom. The van der Waals surface area contributed by atoms with Gasteiger partial charge in [-0.2, -0.15) is 0 Å². The molecule has 1 saturated carbocycles. The number of hydrogen-bond donors (Lipinski definition) is 1. The molecule has 3 heteroatoms. The van der Waals surface area contributed by atoms with E-state index in [1.165, 1.54) is 11.1 Å². The summed E-state index contributed by atoms with van der Waals surface area (Å²) < 4.78 is 5.84. The number of rotatable bonds is 4. The van der Waals surface area contributed by atoms with E-state index in [-0.39, 0.29) is 17.3 Å². The Morgan fingerprint density at radius 1 is 1.17 bits per heavy atom. The number of phenols is 1. The van der Waals surface area contributed by atoms with Gasteiger partial charge in [0.2, 0.25) is 0 Å². The molecule has 2 aliphatic rings. The Bertz CT molecular complexity index is 933. The van der Waals surface area contributed by atoms with Crippen LogP contribution in [-0.4, -0.2) is 11.1 Å². The summed E-state index contributed by atoms with van der Waals surface area (Å²) in [7, 11) is 0. The molecule has 0 spiro atoms. The first-order chi connectivity index (χ1) is 14.3. The fourth-order valence-electron chi connectivity index (χ4n) is 6.12. The van der Waals surface area contributed by atoms with Gasteiger partial charge in [-0.05, 0) is 78.2 Å². The van der Waals surface area contributed by atoms with E-state index in [4.69, 9.17) is 4.74 Å². The molecule has 4 rings (SSSR count). The Labute approximate surface area is 180 Å². The molecule has 0 heterocycles. The molecule has 0 saturated heterocycles. The number of fused-ring (bicyclic) bond motifs is 3. The zero-order valence-corrected chi connectivity index (χ0v) is 18.7. The Kier molecular flexibility index (Phi) is 5.42. The third-order valence-corrected chi connectivity index (χ3v) is 7.80. The predicted molar refractivity (Wildman–Crippen MR) is 120 cm³/mol. The first-order valence-corrected chi connectivity index (χ1v) is 11.3. The van der Waals surface area contributed by atoms with E-state index in [1.807, 2.05) is 36.4 Å². The molecule has 0 radical (unpaired) electrons. The Hall–Kier alpha value is -2.29. The lowest BCUT2D eigenvalue weighted by Gasteiger charge is -2.54. The molecule has 0 aromatic heterocycles. The quantitative estimate of drug-likeness (QED) is 0.609. The van der Waals surface area contributed by atoms with Crippen LogP contribution in [0, 0.1) is 11.3 Å². The van der Waals surface area contributed by atoms with Crippen LogP contribution >= 0.6 is 0 Å². The normalized spacial score (nSPS) is 28.0. The van der Waals surface area contributed by atoms with E-state index >= 15 is 0 Å². The molecule has 1 fully saturated rings. The van der Waals surface area contributed by atoms with Crippen molar-refractivity contribution in [1.29, 1.82) is 0 Å². The highest BCUT2D eigenvalue weighted by atomic mass is 16.5. The van der Waals surface area contributed by atoms with Gasteiger partial charge in [-0.25, -0.2) is 0 Å². The molecule has 0 aliphatic heterocycles. The number of benzene rings is 2. The fraction of sp³-hybridized carbons (Fsp3) is 0.519. The van der Waals surface area contributed by atoms with Gasteiger partial charge in [0.25, 0.3) is 0 Å². The molecule has 3 nitrogen and oxygen atoms in total. The first-order valence-electron chi connectivity index (χ1n) is 11.3. The molecule has 3 unspecified atom stereocenters. The summed E-state index contributed by atoms with van der Waals surface area (Å²) >= 11 is 0. The summed E-state index contributed by atoms with van der Waals surface area (Å²) in [6.07, 6.45) is 4.86. The van der Waals surface area contributed by atoms with Gasteiger partial charge in [0.1, 0.15) is 12.4 Å². The highest BCUT2D eigenvalue weighted by Crippen LogP contribution is 2.58. The number of ether oxygens (including phenoxy) is 1. The van der Waals surface area contributed by atoms with Crippen LogP contribution in [0.1, 0.15) is 81.5 Å². The predicted octanol–water partition coefficient (Wildman–Crippen LogP) is 6.27. The minimum Gasteiger partial charge on any atom is -0.508 e. The SMILES string of the molecule is CC(C)c1cc2c(cc1O)C1(C)CCCC(C)(C(=O)OCc3ccccc3)C1CC2. The van der Waals surface area contributed by atoms with Crippen LogP contribution in [0.15, 0.2) is 42.5 Å². The van der Waals surface area contributed by atoms with Crippen LogP contribution < -0.4 is 0 Å². The van der Waals surface area contributed by atoms with Gasteiger partial charge in [0.15, 0.2) is 0 Å². The molecule has 2 aliphatic carbocycles. The zero-order valence-electron chi connectivity index (χ0n) is 18.7. The summed E-state index contributed by atoms with van der Waals surface area (Å²) in [6, 6.07) is 14.1. The summed E-state index contributed by atoms with van der Waals surface area (Å²) in [4.78, 5) is 13.3. The van der Waals surface area contributed by atoms with E-state index in [2.05, 4.69) is 33.8 Å². The second-order valence-corrected chi connectivity index (χ2v) is 10.1. The number of esters is 1. The third-order valence-electron chi connectivity index (χ3n) is 7.80. The van der Waals surface area contributed by atoms with Crippen LogP contribution in [0.4, 0.5) is 0 Å². The summed E-state index contributed by atoms with van der Waals surface area (Å²) in [5.74, 6) is 0.836. The van der Waals surface area contributed by atoms with Crippen LogP contribution in [0.25, 0.3) is 0 Å². The minimum atomic E-state index is -0.494. The van der Waals surface area contributed by atoms with Crippen molar-refractivity contribution in [2.45, 2.75) is 77.7 Å². The molecule has 30 heavy (non-hydrogen) atoms. The maximum absolute atomic E-state index is 13.3. The van der Waals surface area contributed by atoms with Crippen LogP contribution in [0.3, 0.4) is 0 Å². The highest BCUT2D eigenvalue weighted by Gasteiger charge is 2.55. The molecule has 160 valence electrons. The van der Waals surface area contributed by atoms with Crippen molar-refractivity contribution in [3.05, 3.63) is 64.7 Å². The lowest BCUT2D eigenvalue weighted by molar-refractivity contribution is -0.166. The van der Waals surface area contributed by atoms with Crippen molar-refractivity contribution < 1.29 is 14.6 Å². The van der Waals surface area contributed by atoms with Crippen molar-refractivity contribution in [3.8, 4) is 5.75 Å². The number of aromatic hydroxyl groups is 1. The Balaban J connectivity index is 1.63. The average Bonchev–Trinajstić information content (AvgIpc) is 2.72. The number of aryl methyl sites for hydroxylation is 1. The van der Waals surface area contributed by atoms with E-state index in [9.17, 15) is 9.90 Å². The van der Waals surface area contributed by atoms with E-state index < -0.39 is 5.41 Å². The topological polar surface area (TPSA) is 46.5 Å². The molecule has 3 atom stereocenters. The van der Waals surface area contributed by atoms with Gasteiger partial charge in [-0.15, -0.1) is 0 Å². The zero-order chi connectivity index (χ0) is 21.5. The molecule has 1 N–H and O–H groups in total. The van der Waals surface area contributed by atoms with Gasteiger partial charge in [0.05, 0.1) is 5.41 Å². The summed E-state index contributed by atoms with van der Waals surface area (Å²) in [5, 5.41) is 10.7. The van der Waals surface area contributed by atoms with Gasteiger partial charge in [-0.1, -0.05) is 63.6 Å². The maximum atomic E-state index is 13.3. The second kappa shape index (κ2) is 7.76. The van der Waals surface area contributed by atoms with Crippen molar-refractivity contribution in [2.24, 2.45) is 11.3 Å². The molecule has 0 bridgehead atoms. The lowest BCUT2D eigenvalue weighted by Crippen LogP contribution is -2.52. The van der Waals surface area contributed by atoms with E-state index in [0.29, 0.717) is 18.3 Å². The summed E-state index contributed by atoms with van der Waals surface area (Å²) in [6.45, 7) is 8.97. The van der Waals surface area contributed by atoms with Crippen molar-refractivity contribution >= 4 is 5.97 Å². The minimum absolute atomic E-state index is 0.0752. The molecule has 0 amide bonds. The molecular weight excluding hydrogens is 372 g/mol. The van der Waals surface area contributed by atoms with E-state index in [0.717, 1.165) is 43.2 Å². The molecule has 2 aromatic carbocycles. The number of phenolic OH excluding ortho intramolecular Hbond substituents is 1. The van der Waals surface area contributed by atoms with Gasteiger partial charge in [0, 0.05) is 0 Å². The highest BCUT2D eigenvalue weighted by molar-refractivity contribution is 5.77. The van der Waals surface area contributed by atoms with Crippen LogP contribution in [0.5, 0.6) is 5.75 Å². The van der Waals surface area contributed by atoms with Crippen LogP contribution in [0.2, 0.25) is 0 Å². The summed E-state index contributed by atoms with van der Waals surface area (Å²) in [5.41, 5.74) is 4.02. The largest absolute Gasteiger partial charge is 0.508 e. The monoisotopic (exact) mass is 406 g/mol. The second-order valence-electron chi connectivity index (χ2n) is 10.1. The fourth-order valence-corrected chi connectivity index (χ4v) is 6.12. The third kappa shape index (κ3) is 3.42. The average molecular weight is 407 g/mol.